The average Bonchev–Trinajstić information content (AvgIpc) is 2.62. The number of aryl methyl sites for hydroxylation is 1. The first-order valence-electron chi connectivity index (χ1n) is 8.24. The van der Waals surface area contributed by atoms with E-state index in [0.29, 0.717) is 11.4 Å². The minimum atomic E-state index is -0.881. The van der Waals surface area contributed by atoms with Gasteiger partial charge < -0.3 is 14.8 Å². The maximum atomic E-state index is 12.2. The van der Waals surface area contributed by atoms with E-state index in [0.717, 1.165) is 12.0 Å². The van der Waals surface area contributed by atoms with Gasteiger partial charge in [0.25, 0.3) is 5.91 Å². The number of ether oxygens (including phenoxy) is 2. The lowest BCUT2D eigenvalue weighted by Crippen LogP contribution is -2.30. The molecule has 132 valence electrons. The Morgan fingerprint density at radius 2 is 1.76 bits per heavy atom. The molecule has 0 radical (unpaired) electrons. The summed E-state index contributed by atoms with van der Waals surface area (Å²) in [7, 11) is 1.55. The van der Waals surface area contributed by atoms with Crippen LogP contribution in [0.5, 0.6) is 5.75 Å². The molecule has 0 aliphatic rings. The van der Waals surface area contributed by atoms with Gasteiger partial charge in [-0.1, -0.05) is 37.3 Å². The molecule has 0 bridgehead atoms. The van der Waals surface area contributed by atoms with Crippen LogP contribution in [0, 0.1) is 0 Å². The van der Waals surface area contributed by atoms with Gasteiger partial charge >= 0.3 is 5.97 Å². The maximum absolute atomic E-state index is 12.2. The Kier molecular flexibility index (Phi) is 6.57. The topological polar surface area (TPSA) is 64.6 Å². The fraction of sp³-hybridized carbons (Fsp3) is 0.300. The molecule has 0 unspecified atom stereocenters. The summed E-state index contributed by atoms with van der Waals surface area (Å²) in [5, 5.41) is 2.74. The summed E-state index contributed by atoms with van der Waals surface area (Å²) in [6.45, 7) is 3.62. The van der Waals surface area contributed by atoms with Crippen molar-refractivity contribution in [3.63, 3.8) is 0 Å². The highest BCUT2D eigenvalue weighted by molar-refractivity contribution is 5.95. The molecule has 2 aromatic rings. The number of nitrogens with one attached hydrogen (secondary N) is 1. The van der Waals surface area contributed by atoms with Gasteiger partial charge in [-0.25, -0.2) is 0 Å². The number of carbonyl (C=O) groups excluding carboxylic acids is 2. The van der Waals surface area contributed by atoms with Crippen LogP contribution in [0.3, 0.4) is 0 Å². The molecule has 0 spiro atoms. The highest BCUT2D eigenvalue weighted by atomic mass is 16.5. The second-order valence-electron chi connectivity index (χ2n) is 5.66. The Morgan fingerprint density at radius 3 is 2.40 bits per heavy atom. The van der Waals surface area contributed by atoms with Crippen molar-refractivity contribution in [1.29, 1.82) is 0 Å². The lowest BCUT2D eigenvalue weighted by Gasteiger charge is -2.14. The van der Waals surface area contributed by atoms with Gasteiger partial charge in [-0.3, -0.25) is 9.59 Å². The van der Waals surface area contributed by atoms with Gasteiger partial charge in [-0.15, -0.1) is 0 Å². The molecule has 0 fully saturated rings. The van der Waals surface area contributed by atoms with E-state index < -0.39 is 12.1 Å². The van der Waals surface area contributed by atoms with Crippen molar-refractivity contribution in [3.8, 4) is 5.75 Å². The molecular weight excluding hydrogens is 318 g/mol. The minimum Gasteiger partial charge on any atom is -0.496 e. The summed E-state index contributed by atoms with van der Waals surface area (Å²) in [5.41, 5.74) is 2.59. The van der Waals surface area contributed by atoms with Crippen LogP contribution in [-0.4, -0.2) is 25.1 Å². The highest BCUT2D eigenvalue weighted by Gasteiger charge is 2.19. The molecule has 1 N–H and O–H groups in total. The summed E-state index contributed by atoms with van der Waals surface area (Å²) in [6.07, 6.45) is 0.103. The van der Waals surface area contributed by atoms with E-state index >= 15 is 0 Å². The Hall–Kier alpha value is -2.82. The van der Waals surface area contributed by atoms with Crippen LogP contribution in [0.15, 0.2) is 48.5 Å². The second kappa shape index (κ2) is 8.87. The van der Waals surface area contributed by atoms with Crippen molar-refractivity contribution in [3.05, 3.63) is 59.7 Å². The van der Waals surface area contributed by atoms with Crippen LogP contribution in [0.4, 0.5) is 5.69 Å². The van der Waals surface area contributed by atoms with Crippen molar-refractivity contribution >= 4 is 17.6 Å². The normalized spacial score (nSPS) is 11.5. The quantitative estimate of drug-likeness (QED) is 0.784. The number of amides is 1. The smallest absolute Gasteiger partial charge is 0.311 e. The van der Waals surface area contributed by atoms with Crippen molar-refractivity contribution in [2.24, 2.45) is 0 Å². The van der Waals surface area contributed by atoms with Crippen LogP contribution in [-0.2, 0) is 27.2 Å². The molecule has 5 nitrogen and oxygen atoms in total. The predicted octanol–water partition coefficient (Wildman–Crippen LogP) is 3.37. The third-order valence-corrected chi connectivity index (χ3v) is 3.83. The van der Waals surface area contributed by atoms with Crippen molar-refractivity contribution in [2.75, 3.05) is 12.4 Å². The van der Waals surface area contributed by atoms with E-state index in [4.69, 9.17) is 9.47 Å². The average molecular weight is 341 g/mol. The first kappa shape index (κ1) is 18.5. The van der Waals surface area contributed by atoms with E-state index in [-0.39, 0.29) is 12.3 Å². The molecule has 0 heterocycles. The SMILES string of the molecule is CCc1ccc(NC(=O)[C@H](C)OC(=O)Cc2ccccc2OC)cc1. The number of benzene rings is 2. The molecule has 25 heavy (non-hydrogen) atoms. The number of para-hydroxylation sites is 1. The Bertz CT molecular complexity index is 725. The van der Waals surface area contributed by atoms with Gasteiger partial charge in [0.05, 0.1) is 13.5 Å². The number of anilines is 1. The van der Waals surface area contributed by atoms with Crippen molar-refractivity contribution in [2.45, 2.75) is 32.8 Å². The van der Waals surface area contributed by atoms with Gasteiger partial charge in [0.15, 0.2) is 6.10 Å². The van der Waals surface area contributed by atoms with Gasteiger partial charge in [0, 0.05) is 11.3 Å². The molecule has 0 aliphatic carbocycles. The van der Waals surface area contributed by atoms with Gasteiger partial charge in [-0.2, -0.15) is 0 Å². The summed E-state index contributed by atoms with van der Waals surface area (Å²) < 4.78 is 10.4. The fourth-order valence-corrected chi connectivity index (χ4v) is 2.36. The summed E-state index contributed by atoms with van der Waals surface area (Å²) >= 11 is 0. The van der Waals surface area contributed by atoms with Crippen LogP contribution >= 0.6 is 0 Å². The first-order valence-corrected chi connectivity index (χ1v) is 8.24. The van der Waals surface area contributed by atoms with E-state index in [1.807, 2.05) is 36.4 Å². The lowest BCUT2D eigenvalue weighted by atomic mass is 10.1. The zero-order valence-electron chi connectivity index (χ0n) is 14.7. The number of hydrogen-bond acceptors (Lipinski definition) is 4. The molecule has 0 saturated carbocycles. The predicted molar refractivity (Wildman–Crippen MR) is 96.7 cm³/mol. The second-order valence-corrected chi connectivity index (χ2v) is 5.66. The number of rotatable bonds is 7. The summed E-state index contributed by atoms with van der Waals surface area (Å²) in [4.78, 5) is 24.2. The molecule has 0 aromatic heterocycles. The molecule has 0 aliphatic heterocycles. The molecule has 0 saturated heterocycles. The van der Waals surface area contributed by atoms with Crippen LogP contribution in [0.2, 0.25) is 0 Å². The van der Waals surface area contributed by atoms with Crippen molar-refractivity contribution in [1.82, 2.24) is 0 Å². The number of esters is 1. The number of methoxy groups -OCH3 is 1. The van der Waals surface area contributed by atoms with Crippen LogP contribution in [0.25, 0.3) is 0 Å². The standard InChI is InChI=1S/C20H23NO4/c1-4-15-9-11-17(12-10-15)21-20(23)14(2)25-19(22)13-16-7-5-6-8-18(16)24-3/h5-12,14H,4,13H2,1-3H3,(H,21,23)/t14-/m0/s1. The number of carbonyl (C=O) groups is 2. The zero-order valence-corrected chi connectivity index (χ0v) is 14.7. The van der Waals surface area contributed by atoms with Crippen LogP contribution in [0.1, 0.15) is 25.0 Å². The molecule has 2 rings (SSSR count). The molecule has 5 heteroatoms. The molecule has 2 aromatic carbocycles. The highest BCUT2D eigenvalue weighted by Crippen LogP contribution is 2.18. The Morgan fingerprint density at radius 1 is 1.08 bits per heavy atom. The fourth-order valence-electron chi connectivity index (χ4n) is 2.36. The van der Waals surface area contributed by atoms with E-state index in [1.54, 1.807) is 26.2 Å². The summed E-state index contributed by atoms with van der Waals surface area (Å²) in [5.74, 6) is -0.223. The largest absolute Gasteiger partial charge is 0.496 e. The van der Waals surface area contributed by atoms with E-state index in [9.17, 15) is 9.59 Å². The van der Waals surface area contributed by atoms with Gasteiger partial charge in [0.2, 0.25) is 0 Å². The van der Waals surface area contributed by atoms with E-state index in [2.05, 4.69) is 12.2 Å². The molecule has 1 atom stereocenters. The van der Waals surface area contributed by atoms with Gasteiger partial charge in [-0.05, 0) is 37.1 Å². The zero-order chi connectivity index (χ0) is 18.2. The molecular formula is C20H23NO4. The Balaban J connectivity index is 1.90. The maximum Gasteiger partial charge on any atom is 0.311 e. The Labute approximate surface area is 148 Å². The first-order chi connectivity index (χ1) is 12.0. The van der Waals surface area contributed by atoms with Crippen LogP contribution < -0.4 is 10.1 Å². The monoisotopic (exact) mass is 341 g/mol. The van der Waals surface area contributed by atoms with Crippen molar-refractivity contribution < 1.29 is 19.1 Å². The number of hydrogen-bond donors (Lipinski definition) is 1. The third-order valence-electron chi connectivity index (χ3n) is 3.83. The van der Waals surface area contributed by atoms with E-state index in [1.165, 1.54) is 5.56 Å². The third kappa shape index (κ3) is 5.35. The summed E-state index contributed by atoms with van der Waals surface area (Å²) in [6, 6.07) is 14.8. The lowest BCUT2D eigenvalue weighted by molar-refractivity contribution is -0.152. The minimum absolute atomic E-state index is 0.0484. The van der Waals surface area contributed by atoms with Gasteiger partial charge in [0.1, 0.15) is 5.75 Å². The molecule has 1 amide bonds.